The zero-order chi connectivity index (χ0) is 23.2. The van der Waals surface area contributed by atoms with Crippen molar-refractivity contribution >= 4 is 11.9 Å². The van der Waals surface area contributed by atoms with Crippen LogP contribution >= 0.6 is 0 Å². The largest absolute Gasteiger partial charge is 0.490 e. The second kappa shape index (κ2) is 10.1. The third-order valence-corrected chi connectivity index (χ3v) is 5.85. The summed E-state index contributed by atoms with van der Waals surface area (Å²) in [5.41, 5.74) is 2.37. The van der Waals surface area contributed by atoms with Crippen LogP contribution in [-0.4, -0.2) is 58.3 Å². The van der Waals surface area contributed by atoms with Gasteiger partial charge in [0.15, 0.2) is 0 Å². The highest BCUT2D eigenvalue weighted by molar-refractivity contribution is 5.78. The van der Waals surface area contributed by atoms with E-state index in [1.165, 1.54) is 5.56 Å². The van der Waals surface area contributed by atoms with Gasteiger partial charge in [-0.15, -0.1) is 0 Å². The van der Waals surface area contributed by atoms with E-state index >= 15 is 0 Å². The van der Waals surface area contributed by atoms with Gasteiger partial charge in [0, 0.05) is 31.4 Å². The second-order valence-electron chi connectivity index (χ2n) is 8.02. The van der Waals surface area contributed by atoms with Crippen molar-refractivity contribution in [1.82, 2.24) is 9.88 Å². The number of ether oxygens (including phenoxy) is 1. The average Bonchev–Trinajstić information content (AvgIpc) is 3.19. The van der Waals surface area contributed by atoms with Gasteiger partial charge in [0.05, 0.1) is 18.6 Å². The number of carbonyl (C=O) groups excluding carboxylic acids is 1. The maximum absolute atomic E-state index is 12.5. The number of amides is 1. The summed E-state index contributed by atoms with van der Waals surface area (Å²) in [6.07, 6.45) is 1.82. The van der Waals surface area contributed by atoms with E-state index in [2.05, 4.69) is 35.3 Å². The summed E-state index contributed by atoms with van der Waals surface area (Å²) >= 11 is 0. The van der Waals surface area contributed by atoms with Gasteiger partial charge in [-0.25, -0.2) is 4.79 Å². The number of hydrogen-bond acceptors (Lipinski definition) is 4. The van der Waals surface area contributed by atoms with E-state index in [1.807, 2.05) is 17.0 Å². The SMILES string of the molecule is O=C(Cc1ccncc1)N1CCC2(CC1)CC(c1ccccc1)CO2.O=C(O)C(F)(F)F. The summed E-state index contributed by atoms with van der Waals surface area (Å²) in [5, 5.41) is 7.12. The number of benzene rings is 1. The van der Waals surface area contributed by atoms with Crippen molar-refractivity contribution in [2.75, 3.05) is 19.7 Å². The molecule has 32 heavy (non-hydrogen) atoms. The van der Waals surface area contributed by atoms with Crippen LogP contribution in [0.25, 0.3) is 0 Å². The Bertz CT molecular complexity index is 898. The van der Waals surface area contributed by atoms with Gasteiger partial charge in [0.1, 0.15) is 0 Å². The normalized spacial score (nSPS) is 19.8. The number of carboxylic acid groups (broad SMARTS) is 1. The highest BCUT2D eigenvalue weighted by Gasteiger charge is 2.43. The van der Waals surface area contributed by atoms with Gasteiger partial charge in [-0.3, -0.25) is 9.78 Å². The molecule has 0 aliphatic carbocycles. The Balaban J connectivity index is 0.000000360. The van der Waals surface area contributed by atoms with E-state index in [1.54, 1.807) is 12.4 Å². The minimum atomic E-state index is -5.08. The van der Waals surface area contributed by atoms with Gasteiger partial charge in [-0.05, 0) is 42.5 Å². The first kappa shape index (κ1) is 23.7. The van der Waals surface area contributed by atoms with Crippen LogP contribution < -0.4 is 0 Å². The number of aliphatic carboxylic acids is 1. The van der Waals surface area contributed by atoms with Gasteiger partial charge in [0.25, 0.3) is 0 Å². The van der Waals surface area contributed by atoms with Crippen LogP contribution in [0.4, 0.5) is 13.2 Å². The Morgan fingerprint density at radius 1 is 1.09 bits per heavy atom. The van der Waals surface area contributed by atoms with Gasteiger partial charge in [0.2, 0.25) is 5.91 Å². The van der Waals surface area contributed by atoms with E-state index in [-0.39, 0.29) is 11.5 Å². The number of nitrogens with zero attached hydrogens (tertiary/aromatic N) is 2. The van der Waals surface area contributed by atoms with Crippen LogP contribution in [-0.2, 0) is 20.7 Å². The summed E-state index contributed by atoms with van der Waals surface area (Å²) in [6, 6.07) is 14.5. The lowest BCUT2D eigenvalue weighted by atomic mass is 9.83. The van der Waals surface area contributed by atoms with Crippen LogP contribution in [0.1, 0.15) is 36.3 Å². The van der Waals surface area contributed by atoms with E-state index in [9.17, 15) is 18.0 Å². The number of piperidine rings is 1. The van der Waals surface area contributed by atoms with Crippen molar-refractivity contribution in [2.24, 2.45) is 0 Å². The van der Waals surface area contributed by atoms with E-state index in [0.29, 0.717) is 12.3 Å². The molecular weight excluding hydrogens is 425 g/mol. The smallest absolute Gasteiger partial charge is 0.475 e. The molecule has 4 rings (SSSR count). The fourth-order valence-electron chi connectivity index (χ4n) is 4.08. The second-order valence-corrected chi connectivity index (χ2v) is 8.02. The van der Waals surface area contributed by atoms with Crippen LogP contribution in [0, 0.1) is 0 Å². The molecule has 0 saturated carbocycles. The number of likely N-dealkylation sites (tertiary alicyclic amines) is 1. The van der Waals surface area contributed by atoms with Gasteiger partial charge >= 0.3 is 12.1 Å². The topological polar surface area (TPSA) is 79.7 Å². The molecule has 1 amide bonds. The zero-order valence-corrected chi connectivity index (χ0v) is 17.4. The van der Waals surface area contributed by atoms with Crippen molar-refractivity contribution in [2.45, 2.75) is 43.4 Å². The Labute approximate surface area is 184 Å². The van der Waals surface area contributed by atoms with E-state index in [0.717, 1.165) is 44.5 Å². The van der Waals surface area contributed by atoms with Crippen molar-refractivity contribution in [3.63, 3.8) is 0 Å². The Kier molecular flexibility index (Phi) is 7.50. The van der Waals surface area contributed by atoms with Crippen molar-refractivity contribution in [3.8, 4) is 0 Å². The molecule has 2 saturated heterocycles. The molecule has 1 aromatic carbocycles. The molecule has 0 bridgehead atoms. The molecule has 2 aliphatic heterocycles. The minimum absolute atomic E-state index is 0.0338. The number of aromatic nitrogens is 1. The average molecular weight is 450 g/mol. The number of alkyl halides is 3. The van der Waals surface area contributed by atoms with Crippen molar-refractivity contribution in [1.29, 1.82) is 0 Å². The standard InChI is InChI=1S/C21H24N2O2.C2HF3O2/c24-20(14-17-6-10-22-11-7-17)23-12-8-21(9-13-23)15-19(16-25-21)18-4-2-1-3-5-18;3-2(4,5)1(6)7/h1-7,10-11,19H,8-9,12-16H2;(H,6,7). The number of hydrogen-bond donors (Lipinski definition) is 1. The summed E-state index contributed by atoms with van der Waals surface area (Å²) < 4.78 is 38.0. The minimum Gasteiger partial charge on any atom is -0.475 e. The Hall–Kier alpha value is -2.94. The number of pyridine rings is 1. The molecule has 9 heteroatoms. The predicted octanol–water partition coefficient (Wildman–Crippen LogP) is 3.82. The molecule has 2 aromatic rings. The molecule has 6 nitrogen and oxygen atoms in total. The number of carboxylic acids is 1. The van der Waals surface area contributed by atoms with Gasteiger partial charge in [-0.1, -0.05) is 30.3 Å². The van der Waals surface area contributed by atoms with Gasteiger partial charge in [-0.2, -0.15) is 13.2 Å². The highest BCUT2D eigenvalue weighted by atomic mass is 19.4. The monoisotopic (exact) mass is 450 g/mol. The molecule has 1 unspecified atom stereocenters. The van der Waals surface area contributed by atoms with Crippen molar-refractivity contribution < 1.29 is 32.6 Å². The zero-order valence-electron chi connectivity index (χ0n) is 17.4. The number of carbonyl (C=O) groups is 2. The summed E-state index contributed by atoms with van der Waals surface area (Å²) in [5.74, 6) is -2.06. The molecule has 1 spiro atoms. The quantitative estimate of drug-likeness (QED) is 0.769. The maximum atomic E-state index is 12.5. The number of halogens is 3. The molecule has 1 aromatic heterocycles. The van der Waals surface area contributed by atoms with E-state index < -0.39 is 12.1 Å². The molecule has 3 heterocycles. The third-order valence-electron chi connectivity index (χ3n) is 5.85. The summed E-state index contributed by atoms with van der Waals surface area (Å²) in [7, 11) is 0. The van der Waals surface area contributed by atoms with Crippen LogP contribution in [0.3, 0.4) is 0 Å². The van der Waals surface area contributed by atoms with Crippen LogP contribution in [0.5, 0.6) is 0 Å². The van der Waals surface area contributed by atoms with E-state index in [4.69, 9.17) is 14.6 Å². The van der Waals surface area contributed by atoms with Gasteiger partial charge < -0.3 is 14.7 Å². The summed E-state index contributed by atoms with van der Waals surface area (Å²) in [6.45, 7) is 2.39. The first-order valence-corrected chi connectivity index (χ1v) is 10.3. The van der Waals surface area contributed by atoms with Crippen LogP contribution in [0.2, 0.25) is 0 Å². The predicted molar refractivity (Wildman–Crippen MR) is 110 cm³/mol. The van der Waals surface area contributed by atoms with Crippen LogP contribution in [0.15, 0.2) is 54.9 Å². The fourth-order valence-corrected chi connectivity index (χ4v) is 4.08. The Morgan fingerprint density at radius 2 is 1.69 bits per heavy atom. The first-order valence-electron chi connectivity index (χ1n) is 10.3. The summed E-state index contributed by atoms with van der Waals surface area (Å²) in [4.78, 5) is 27.4. The van der Waals surface area contributed by atoms with Crippen molar-refractivity contribution in [3.05, 3.63) is 66.0 Å². The molecule has 172 valence electrons. The Morgan fingerprint density at radius 3 is 2.25 bits per heavy atom. The third kappa shape index (κ3) is 6.29. The first-order chi connectivity index (χ1) is 15.2. The number of rotatable bonds is 3. The molecule has 0 radical (unpaired) electrons. The molecule has 2 aliphatic rings. The molecular formula is C23H25F3N2O4. The molecule has 1 atom stereocenters. The molecule has 1 N–H and O–H groups in total. The fraction of sp³-hybridized carbons (Fsp3) is 0.435. The lowest BCUT2D eigenvalue weighted by molar-refractivity contribution is -0.192. The molecule has 2 fully saturated rings. The lowest BCUT2D eigenvalue weighted by Gasteiger charge is -2.38. The highest BCUT2D eigenvalue weighted by Crippen LogP contribution is 2.42. The lowest BCUT2D eigenvalue weighted by Crippen LogP contribution is -2.46. The maximum Gasteiger partial charge on any atom is 0.490 e.